The van der Waals surface area contributed by atoms with Crippen molar-refractivity contribution >= 4 is 17.2 Å². The molecule has 1 heterocycles. The van der Waals surface area contributed by atoms with Crippen molar-refractivity contribution in [1.29, 1.82) is 0 Å². The standard InChI is InChI=1S/C10H17N3OS/c1-4-8-7-12-10(15-8)9(14)11-5-6-13(2)3/h7H,4-6H2,1-3H3,(H,11,14). The lowest BCUT2D eigenvalue weighted by Gasteiger charge is -2.09. The van der Waals surface area contributed by atoms with E-state index in [-0.39, 0.29) is 5.91 Å². The molecule has 0 radical (unpaired) electrons. The van der Waals surface area contributed by atoms with Crippen molar-refractivity contribution in [1.82, 2.24) is 15.2 Å². The molecule has 1 N–H and O–H groups in total. The quantitative estimate of drug-likeness (QED) is 0.816. The largest absolute Gasteiger partial charge is 0.349 e. The number of carbonyl (C=O) groups excluding carboxylic acids is 1. The molecule has 0 unspecified atom stereocenters. The van der Waals surface area contributed by atoms with Gasteiger partial charge in [-0.15, -0.1) is 11.3 Å². The predicted octanol–water partition coefficient (Wildman–Crippen LogP) is 0.997. The van der Waals surface area contributed by atoms with Crippen LogP contribution in [0.5, 0.6) is 0 Å². The molecule has 1 aromatic heterocycles. The van der Waals surface area contributed by atoms with Gasteiger partial charge >= 0.3 is 0 Å². The summed E-state index contributed by atoms with van der Waals surface area (Å²) in [5.74, 6) is -0.0680. The van der Waals surface area contributed by atoms with Gasteiger partial charge in [-0.3, -0.25) is 4.79 Å². The first-order valence-electron chi connectivity index (χ1n) is 5.01. The molecular formula is C10H17N3OS. The second-order valence-corrected chi connectivity index (χ2v) is 4.66. The van der Waals surface area contributed by atoms with Gasteiger partial charge in [-0.1, -0.05) is 6.92 Å². The molecule has 1 rings (SSSR count). The molecule has 0 saturated heterocycles. The van der Waals surface area contributed by atoms with E-state index in [2.05, 4.69) is 17.2 Å². The topological polar surface area (TPSA) is 45.2 Å². The van der Waals surface area contributed by atoms with Crippen LogP contribution in [0.4, 0.5) is 0 Å². The second kappa shape index (κ2) is 5.82. The molecule has 0 aliphatic carbocycles. The molecule has 0 atom stereocenters. The van der Waals surface area contributed by atoms with Crippen molar-refractivity contribution in [2.75, 3.05) is 27.2 Å². The third kappa shape index (κ3) is 3.97. The van der Waals surface area contributed by atoms with E-state index in [1.807, 2.05) is 19.0 Å². The summed E-state index contributed by atoms with van der Waals surface area (Å²) in [6.45, 7) is 3.56. The molecule has 0 aliphatic rings. The number of nitrogens with zero attached hydrogens (tertiary/aromatic N) is 2. The Balaban J connectivity index is 2.40. The van der Waals surface area contributed by atoms with E-state index in [9.17, 15) is 4.79 Å². The van der Waals surface area contributed by atoms with Crippen LogP contribution in [0.15, 0.2) is 6.20 Å². The number of carbonyl (C=O) groups is 1. The van der Waals surface area contributed by atoms with Crippen molar-refractivity contribution in [3.63, 3.8) is 0 Å². The van der Waals surface area contributed by atoms with Gasteiger partial charge in [0.25, 0.3) is 5.91 Å². The van der Waals surface area contributed by atoms with E-state index in [1.54, 1.807) is 6.20 Å². The minimum Gasteiger partial charge on any atom is -0.349 e. The molecule has 1 aromatic rings. The molecule has 0 fully saturated rings. The van der Waals surface area contributed by atoms with Crippen LogP contribution in [0, 0.1) is 0 Å². The van der Waals surface area contributed by atoms with E-state index in [1.165, 1.54) is 11.3 Å². The number of nitrogens with one attached hydrogen (secondary N) is 1. The number of likely N-dealkylation sites (N-methyl/N-ethyl adjacent to an activating group) is 1. The summed E-state index contributed by atoms with van der Waals surface area (Å²) in [5, 5.41) is 3.40. The fraction of sp³-hybridized carbons (Fsp3) is 0.600. The highest BCUT2D eigenvalue weighted by Crippen LogP contribution is 2.12. The van der Waals surface area contributed by atoms with Gasteiger partial charge in [0, 0.05) is 24.2 Å². The van der Waals surface area contributed by atoms with Crippen molar-refractivity contribution in [2.24, 2.45) is 0 Å². The van der Waals surface area contributed by atoms with Crippen LogP contribution < -0.4 is 5.32 Å². The maximum absolute atomic E-state index is 11.6. The average Bonchev–Trinajstić information content (AvgIpc) is 2.65. The Labute approximate surface area is 94.3 Å². The molecule has 1 amide bonds. The maximum atomic E-state index is 11.6. The smallest absolute Gasteiger partial charge is 0.280 e. The van der Waals surface area contributed by atoms with Crippen LogP contribution in [0.1, 0.15) is 21.6 Å². The Morgan fingerprint density at radius 3 is 2.87 bits per heavy atom. The van der Waals surface area contributed by atoms with E-state index in [0.29, 0.717) is 11.6 Å². The van der Waals surface area contributed by atoms with Crippen LogP contribution in [0.3, 0.4) is 0 Å². The normalized spacial score (nSPS) is 10.7. The summed E-state index contributed by atoms with van der Waals surface area (Å²) in [6, 6.07) is 0. The van der Waals surface area contributed by atoms with Crippen LogP contribution in [0.2, 0.25) is 0 Å². The summed E-state index contributed by atoms with van der Waals surface area (Å²) < 4.78 is 0. The van der Waals surface area contributed by atoms with Crippen molar-refractivity contribution in [3.05, 3.63) is 16.1 Å². The van der Waals surface area contributed by atoms with E-state index in [0.717, 1.165) is 17.8 Å². The molecule has 0 saturated carbocycles. The lowest BCUT2D eigenvalue weighted by Crippen LogP contribution is -2.31. The highest BCUT2D eigenvalue weighted by molar-refractivity contribution is 7.13. The first-order chi connectivity index (χ1) is 7.13. The van der Waals surface area contributed by atoms with Crippen LogP contribution in [-0.2, 0) is 6.42 Å². The lowest BCUT2D eigenvalue weighted by molar-refractivity contribution is 0.0950. The molecular weight excluding hydrogens is 210 g/mol. The molecule has 0 aliphatic heterocycles. The molecule has 15 heavy (non-hydrogen) atoms. The zero-order valence-electron chi connectivity index (χ0n) is 9.41. The number of hydrogen-bond donors (Lipinski definition) is 1. The Bertz CT molecular complexity index is 322. The minimum absolute atomic E-state index is 0.0680. The van der Waals surface area contributed by atoms with Crippen LogP contribution in [0.25, 0.3) is 0 Å². The average molecular weight is 227 g/mol. The number of aromatic nitrogens is 1. The Hall–Kier alpha value is -0.940. The van der Waals surface area contributed by atoms with Gasteiger partial charge in [0.05, 0.1) is 0 Å². The molecule has 5 heteroatoms. The fourth-order valence-corrected chi connectivity index (χ4v) is 1.81. The van der Waals surface area contributed by atoms with E-state index >= 15 is 0 Å². The van der Waals surface area contributed by atoms with Crippen LogP contribution in [-0.4, -0.2) is 43.0 Å². The first kappa shape index (κ1) is 12.1. The predicted molar refractivity (Wildman–Crippen MR) is 62.4 cm³/mol. The number of thiazole rings is 1. The lowest BCUT2D eigenvalue weighted by atomic mass is 10.4. The van der Waals surface area contributed by atoms with Gasteiger partial charge in [-0.2, -0.15) is 0 Å². The van der Waals surface area contributed by atoms with Crippen molar-refractivity contribution < 1.29 is 4.79 Å². The molecule has 0 bridgehead atoms. The highest BCUT2D eigenvalue weighted by atomic mass is 32.1. The van der Waals surface area contributed by atoms with Gasteiger partial charge in [-0.25, -0.2) is 4.98 Å². The number of amides is 1. The summed E-state index contributed by atoms with van der Waals surface area (Å²) in [5.41, 5.74) is 0. The maximum Gasteiger partial charge on any atom is 0.280 e. The molecule has 4 nitrogen and oxygen atoms in total. The summed E-state index contributed by atoms with van der Waals surface area (Å²) in [4.78, 5) is 18.8. The zero-order valence-corrected chi connectivity index (χ0v) is 10.2. The van der Waals surface area contributed by atoms with Gasteiger partial charge < -0.3 is 10.2 Å². The zero-order chi connectivity index (χ0) is 11.3. The van der Waals surface area contributed by atoms with Gasteiger partial charge in [0.2, 0.25) is 0 Å². The van der Waals surface area contributed by atoms with Gasteiger partial charge in [0.1, 0.15) is 0 Å². The summed E-state index contributed by atoms with van der Waals surface area (Å²) in [6.07, 6.45) is 2.70. The van der Waals surface area contributed by atoms with E-state index < -0.39 is 0 Å². The van der Waals surface area contributed by atoms with Crippen LogP contribution >= 0.6 is 11.3 Å². The fourth-order valence-electron chi connectivity index (χ4n) is 1.04. The minimum atomic E-state index is -0.0680. The van der Waals surface area contributed by atoms with Crippen molar-refractivity contribution in [3.8, 4) is 0 Å². The highest BCUT2D eigenvalue weighted by Gasteiger charge is 2.09. The third-order valence-electron chi connectivity index (χ3n) is 1.94. The number of rotatable bonds is 5. The Morgan fingerprint density at radius 1 is 1.60 bits per heavy atom. The summed E-state index contributed by atoms with van der Waals surface area (Å²) in [7, 11) is 3.95. The van der Waals surface area contributed by atoms with Gasteiger partial charge in [0.15, 0.2) is 5.01 Å². The number of hydrogen-bond acceptors (Lipinski definition) is 4. The Kier molecular flexibility index (Phi) is 4.71. The molecule has 0 aromatic carbocycles. The summed E-state index contributed by atoms with van der Waals surface area (Å²) >= 11 is 1.46. The van der Waals surface area contributed by atoms with E-state index in [4.69, 9.17) is 0 Å². The monoisotopic (exact) mass is 227 g/mol. The number of aryl methyl sites for hydroxylation is 1. The third-order valence-corrected chi connectivity index (χ3v) is 3.08. The van der Waals surface area contributed by atoms with Gasteiger partial charge in [-0.05, 0) is 20.5 Å². The molecule has 0 spiro atoms. The second-order valence-electron chi connectivity index (χ2n) is 3.54. The molecule has 84 valence electrons. The van der Waals surface area contributed by atoms with Crippen molar-refractivity contribution in [2.45, 2.75) is 13.3 Å². The SMILES string of the molecule is CCc1cnc(C(=O)NCCN(C)C)s1. The first-order valence-corrected chi connectivity index (χ1v) is 5.82. The Morgan fingerprint density at radius 2 is 2.33 bits per heavy atom.